The van der Waals surface area contributed by atoms with E-state index in [0.717, 1.165) is 5.56 Å². The van der Waals surface area contributed by atoms with E-state index in [9.17, 15) is 14.0 Å². The number of carbonyl (C=O) groups is 2. The van der Waals surface area contributed by atoms with Crippen LogP contribution in [0.4, 0.5) is 4.39 Å². The van der Waals surface area contributed by atoms with Crippen LogP contribution in [0.15, 0.2) is 53.9 Å². The second-order valence-corrected chi connectivity index (χ2v) is 7.22. The van der Waals surface area contributed by atoms with E-state index in [4.69, 9.17) is 0 Å². The van der Waals surface area contributed by atoms with Gasteiger partial charge >= 0.3 is 0 Å². The molecule has 0 fully saturated rings. The third-order valence-corrected chi connectivity index (χ3v) is 4.95. The SMILES string of the molecule is Cc1cccc(C(=O)NCc2nc(C(=O)NCCc3ccccc3F)cs2)c1. The van der Waals surface area contributed by atoms with Crippen LogP contribution in [0.5, 0.6) is 0 Å². The number of nitrogens with zero attached hydrogens (tertiary/aromatic N) is 1. The molecule has 2 N–H and O–H groups in total. The molecule has 0 bridgehead atoms. The van der Waals surface area contributed by atoms with Crippen LogP contribution in [0.1, 0.15) is 37.0 Å². The van der Waals surface area contributed by atoms with Gasteiger partial charge in [0.1, 0.15) is 16.5 Å². The van der Waals surface area contributed by atoms with Crippen LogP contribution in [0.2, 0.25) is 0 Å². The number of amides is 2. The molecule has 0 saturated heterocycles. The number of hydrogen-bond donors (Lipinski definition) is 2. The van der Waals surface area contributed by atoms with Crippen molar-refractivity contribution in [3.8, 4) is 0 Å². The van der Waals surface area contributed by atoms with E-state index in [-0.39, 0.29) is 24.2 Å². The molecule has 0 saturated carbocycles. The number of nitrogens with one attached hydrogen (secondary N) is 2. The predicted octanol–water partition coefficient (Wildman–Crippen LogP) is 3.49. The summed E-state index contributed by atoms with van der Waals surface area (Å²) in [7, 11) is 0. The number of carbonyl (C=O) groups excluding carboxylic acids is 2. The summed E-state index contributed by atoms with van der Waals surface area (Å²) in [5, 5.41) is 7.82. The Kier molecular flexibility index (Phi) is 6.49. The van der Waals surface area contributed by atoms with Gasteiger partial charge in [0.25, 0.3) is 11.8 Å². The average molecular weight is 397 g/mol. The lowest BCUT2D eigenvalue weighted by Crippen LogP contribution is -2.26. The third kappa shape index (κ3) is 5.23. The van der Waals surface area contributed by atoms with Crippen molar-refractivity contribution in [2.75, 3.05) is 6.54 Å². The van der Waals surface area contributed by atoms with Crippen LogP contribution in [0, 0.1) is 12.7 Å². The fourth-order valence-corrected chi connectivity index (χ4v) is 3.36. The van der Waals surface area contributed by atoms with Gasteiger partial charge in [-0.1, -0.05) is 35.9 Å². The van der Waals surface area contributed by atoms with Gasteiger partial charge in [0.05, 0.1) is 6.54 Å². The molecule has 3 aromatic rings. The lowest BCUT2D eigenvalue weighted by atomic mass is 10.1. The molecule has 5 nitrogen and oxygen atoms in total. The largest absolute Gasteiger partial charge is 0.350 e. The molecule has 2 aromatic carbocycles. The first kappa shape index (κ1) is 19.7. The lowest BCUT2D eigenvalue weighted by Gasteiger charge is -2.05. The summed E-state index contributed by atoms with van der Waals surface area (Å²) in [6.45, 7) is 2.49. The van der Waals surface area contributed by atoms with Gasteiger partial charge < -0.3 is 10.6 Å². The van der Waals surface area contributed by atoms with E-state index >= 15 is 0 Å². The molecule has 28 heavy (non-hydrogen) atoms. The molecule has 0 aliphatic rings. The Morgan fingerprint density at radius 3 is 2.68 bits per heavy atom. The Balaban J connectivity index is 1.48. The minimum absolute atomic E-state index is 0.185. The highest BCUT2D eigenvalue weighted by molar-refractivity contribution is 7.09. The minimum Gasteiger partial charge on any atom is -0.350 e. The monoisotopic (exact) mass is 397 g/mol. The van der Waals surface area contributed by atoms with E-state index < -0.39 is 0 Å². The third-order valence-electron chi connectivity index (χ3n) is 4.10. The van der Waals surface area contributed by atoms with E-state index in [0.29, 0.717) is 34.8 Å². The van der Waals surface area contributed by atoms with Gasteiger partial charge in [-0.3, -0.25) is 9.59 Å². The summed E-state index contributed by atoms with van der Waals surface area (Å²) in [6, 6.07) is 13.8. The smallest absolute Gasteiger partial charge is 0.270 e. The summed E-state index contributed by atoms with van der Waals surface area (Å²) in [6.07, 6.45) is 0.405. The number of aromatic nitrogens is 1. The van der Waals surface area contributed by atoms with E-state index in [2.05, 4.69) is 15.6 Å². The number of thiazole rings is 1. The summed E-state index contributed by atoms with van der Waals surface area (Å²) < 4.78 is 13.6. The van der Waals surface area contributed by atoms with Crippen LogP contribution in [0.3, 0.4) is 0 Å². The highest BCUT2D eigenvalue weighted by Gasteiger charge is 2.12. The van der Waals surface area contributed by atoms with E-state index in [1.165, 1.54) is 17.4 Å². The van der Waals surface area contributed by atoms with Crippen molar-refractivity contribution in [3.63, 3.8) is 0 Å². The number of hydrogen-bond acceptors (Lipinski definition) is 4. The van der Waals surface area contributed by atoms with Gasteiger partial charge in [-0.2, -0.15) is 0 Å². The molecule has 0 atom stereocenters. The molecule has 144 valence electrons. The lowest BCUT2D eigenvalue weighted by molar-refractivity contribution is 0.0945. The first-order valence-corrected chi connectivity index (χ1v) is 9.72. The van der Waals surface area contributed by atoms with Crippen molar-refractivity contribution in [2.24, 2.45) is 0 Å². The molecule has 7 heteroatoms. The summed E-state index contributed by atoms with van der Waals surface area (Å²) in [5.74, 6) is -0.782. The molecular weight excluding hydrogens is 377 g/mol. The van der Waals surface area contributed by atoms with Gasteiger partial charge in [-0.05, 0) is 37.1 Å². The number of benzene rings is 2. The summed E-state index contributed by atoms with van der Waals surface area (Å²) in [4.78, 5) is 28.6. The highest BCUT2D eigenvalue weighted by atomic mass is 32.1. The quantitative estimate of drug-likeness (QED) is 0.641. The number of aryl methyl sites for hydroxylation is 1. The van der Waals surface area contributed by atoms with Crippen LogP contribution in [0.25, 0.3) is 0 Å². The molecule has 0 radical (unpaired) electrons. The van der Waals surface area contributed by atoms with Gasteiger partial charge in [0.2, 0.25) is 0 Å². The van der Waals surface area contributed by atoms with Crippen LogP contribution in [-0.4, -0.2) is 23.3 Å². The van der Waals surface area contributed by atoms with E-state index in [1.807, 2.05) is 25.1 Å². The molecule has 0 aliphatic heterocycles. The zero-order valence-corrected chi connectivity index (χ0v) is 16.2. The Labute approximate surface area is 166 Å². The Morgan fingerprint density at radius 2 is 1.89 bits per heavy atom. The van der Waals surface area contributed by atoms with Crippen molar-refractivity contribution in [1.82, 2.24) is 15.6 Å². The van der Waals surface area contributed by atoms with Crippen LogP contribution < -0.4 is 10.6 Å². The zero-order valence-electron chi connectivity index (χ0n) is 15.4. The maximum atomic E-state index is 13.6. The fourth-order valence-electron chi connectivity index (χ4n) is 2.64. The van der Waals surface area contributed by atoms with Crippen molar-refractivity contribution in [2.45, 2.75) is 19.9 Å². The number of rotatable bonds is 7. The first-order chi connectivity index (χ1) is 13.5. The maximum Gasteiger partial charge on any atom is 0.270 e. The zero-order chi connectivity index (χ0) is 19.9. The van der Waals surface area contributed by atoms with E-state index in [1.54, 1.807) is 29.6 Å². The Morgan fingerprint density at radius 1 is 1.07 bits per heavy atom. The summed E-state index contributed by atoms with van der Waals surface area (Å²) in [5.41, 5.74) is 2.44. The van der Waals surface area contributed by atoms with Crippen molar-refractivity contribution < 1.29 is 14.0 Å². The minimum atomic E-state index is -0.316. The Hall–Kier alpha value is -3.06. The van der Waals surface area contributed by atoms with Crippen molar-refractivity contribution >= 4 is 23.2 Å². The second kappa shape index (κ2) is 9.23. The number of halogens is 1. The van der Waals surface area contributed by atoms with Crippen LogP contribution in [-0.2, 0) is 13.0 Å². The molecule has 0 unspecified atom stereocenters. The Bertz CT molecular complexity index is 987. The molecule has 0 spiro atoms. The highest BCUT2D eigenvalue weighted by Crippen LogP contribution is 2.11. The van der Waals surface area contributed by atoms with Gasteiger partial charge in [-0.25, -0.2) is 9.37 Å². The topological polar surface area (TPSA) is 71.1 Å². The molecule has 2 amide bonds. The standard InChI is InChI=1S/C21H20FN3O2S/c1-14-5-4-7-16(11-14)20(26)24-12-19-25-18(13-28-19)21(27)23-10-9-15-6-2-3-8-17(15)22/h2-8,11,13H,9-10,12H2,1H3,(H,23,27)(H,24,26). The molecule has 1 aromatic heterocycles. The van der Waals surface area contributed by atoms with Gasteiger partial charge in [0.15, 0.2) is 0 Å². The van der Waals surface area contributed by atoms with Crippen LogP contribution >= 0.6 is 11.3 Å². The van der Waals surface area contributed by atoms with Gasteiger partial charge in [0, 0.05) is 17.5 Å². The van der Waals surface area contributed by atoms with Crippen molar-refractivity contribution in [3.05, 3.63) is 87.1 Å². The normalized spacial score (nSPS) is 10.5. The average Bonchev–Trinajstić information content (AvgIpc) is 3.17. The molecular formula is C21H20FN3O2S. The molecule has 1 heterocycles. The second-order valence-electron chi connectivity index (χ2n) is 6.28. The first-order valence-electron chi connectivity index (χ1n) is 8.84. The molecule has 0 aliphatic carbocycles. The fraction of sp³-hybridized carbons (Fsp3) is 0.190. The molecule has 3 rings (SSSR count). The van der Waals surface area contributed by atoms with Crippen molar-refractivity contribution in [1.29, 1.82) is 0 Å². The van der Waals surface area contributed by atoms with Gasteiger partial charge in [-0.15, -0.1) is 11.3 Å². The maximum absolute atomic E-state index is 13.6. The summed E-state index contributed by atoms with van der Waals surface area (Å²) >= 11 is 1.30. The predicted molar refractivity (Wildman–Crippen MR) is 107 cm³/mol.